The van der Waals surface area contributed by atoms with Gasteiger partial charge in [-0.1, -0.05) is 30.4 Å². The van der Waals surface area contributed by atoms with Gasteiger partial charge in [-0.25, -0.2) is 0 Å². The maximum atomic E-state index is 13.5. The molecule has 0 aromatic heterocycles. The molecule has 0 unspecified atom stereocenters. The molecule has 4 heteroatoms. The largest absolute Gasteiger partial charge is 0.361 e. The predicted octanol–water partition coefficient (Wildman–Crippen LogP) is 2.55. The molecule has 5 aliphatic carbocycles. The first-order chi connectivity index (χ1) is 12.7. The zero-order chi connectivity index (χ0) is 17.1. The van der Waals surface area contributed by atoms with Crippen molar-refractivity contribution < 1.29 is 14.3 Å². The lowest BCUT2D eigenvalue weighted by Crippen LogP contribution is -2.45. The summed E-state index contributed by atoms with van der Waals surface area (Å²) in [5.41, 5.74) is 0.733. The van der Waals surface area contributed by atoms with Crippen molar-refractivity contribution >= 4 is 17.5 Å². The van der Waals surface area contributed by atoms with Crippen molar-refractivity contribution in [2.24, 2.45) is 40.9 Å². The molecule has 4 saturated carbocycles. The van der Waals surface area contributed by atoms with Gasteiger partial charge in [0.2, 0.25) is 11.8 Å². The average molecular weight is 345 g/mol. The van der Waals surface area contributed by atoms with Gasteiger partial charge < -0.3 is 4.74 Å². The van der Waals surface area contributed by atoms with Crippen LogP contribution in [0.2, 0.25) is 0 Å². The van der Waals surface area contributed by atoms with Crippen molar-refractivity contribution in [2.75, 3.05) is 4.90 Å². The second kappa shape index (κ2) is 3.45. The van der Waals surface area contributed by atoms with Crippen LogP contribution in [0.25, 0.3) is 0 Å². The molecule has 4 bridgehead atoms. The number of hydrogen-bond acceptors (Lipinski definition) is 3. The summed E-state index contributed by atoms with van der Waals surface area (Å²) in [5.74, 6) is 1.22. The highest BCUT2D eigenvalue weighted by molar-refractivity contribution is 6.23. The maximum absolute atomic E-state index is 13.5. The Labute approximate surface area is 151 Å². The van der Waals surface area contributed by atoms with E-state index in [1.165, 1.54) is 24.2 Å². The molecule has 0 N–H and O–H groups in total. The Morgan fingerprint density at radius 1 is 0.885 bits per heavy atom. The maximum Gasteiger partial charge on any atom is 0.238 e. The van der Waals surface area contributed by atoms with Crippen LogP contribution in [0, 0.1) is 40.9 Å². The van der Waals surface area contributed by atoms with E-state index in [4.69, 9.17) is 4.74 Å². The Bertz CT molecular complexity index is 913. The van der Waals surface area contributed by atoms with Gasteiger partial charge in [-0.05, 0) is 36.8 Å². The third-order valence-corrected chi connectivity index (χ3v) is 9.21. The van der Waals surface area contributed by atoms with Gasteiger partial charge in [-0.3, -0.25) is 14.5 Å². The van der Waals surface area contributed by atoms with Gasteiger partial charge in [0.1, 0.15) is 11.2 Å². The van der Waals surface area contributed by atoms with Crippen molar-refractivity contribution in [3.8, 4) is 0 Å². The molecule has 2 amide bonds. The van der Waals surface area contributed by atoms with Gasteiger partial charge in [0, 0.05) is 23.7 Å². The van der Waals surface area contributed by atoms with E-state index < -0.39 is 0 Å². The molecule has 8 atom stereocenters. The van der Waals surface area contributed by atoms with E-state index in [1.54, 1.807) is 0 Å². The second-order valence-electron chi connectivity index (χ2n) is 9.61. The van der Waals surface area contributed by atoms with Crippen molar-refractivity contribution in [3.05, 3.63) is 42.5 Å². The number of benzene rings is 1. The van der Waals surface area contributed by atoms with Crippen LogP contribution >= 0.6 is 0 Å². The fourth-order valence-corrected chi connectivity index (χ4v) is 8.70. The SMILES string of the molecule is O=C1[C@@H]2[C@H](C(=O)N1c1ccccc1)[C@H]1C3(CC3)[C@H]2[C@@]23O[C@@]12[C@H]1C=C[C@H]3C1. The first-order valence-corrected chi connectivity index (χ1v) is 9.98. The fraction of sp³-hybridized carbons (Fsp3) is 0.545. The van der Waals surface area contributed by atoms with E-state index in [0.29, 0.717) is 11.8 Å². The first kappa shape index (κ1) is 13.3. The van der Waals surface area contributed by atoms with E-state index in [9.17, 15) is 9.59 Å². The lowest BCUT2D eigenvalue weighted by atomic mass is 9.65. The summed E-state index contributed by atoms with van der Waals surface area (Å²) in [5, 5.41) is 0. The zero-order valence-corrected chi connectivity index (χ0v) is 14.3. The molecule has 7 aliphatic rings. The minimum atomic E-state index is -0.154. The Balaban J connectivity index is 1.33. The number of para-hydroxylation sites is 1. The fourth-order valence-electron chi connectivity index (χ4n) is 8.70. The van der Waals surface area contributed by atoms with Gasteiger partial charge in [0.05, 0.1) is 17.5 Å². The number of anilines is 1. The molecule has 2 heterocycles. The molecule has 4 nitrogen and oxygen atoms in total. The smallest absolute Gasteiger partial charge is 0.238 e. The quantitative estimate of drug-likeness (QED) is 0.446. The molecule has 26 heavy (non-hydrogen) atoms. The number of nitrogens with zero attached hydrogens (tertiary/aromatic N) is 1. The lowest BCUT2D eigenvalue weighted by Gasteiger charge is -2.30. The Morgan fingerprint density at radius 3 is 2.00 bits per heavy atom. The molecule has 1 spiro atoms. The van der Waals surface area contributed by atoms with Crippen molar-refractivity contribution in [1.29, 1.82) is 0 Å². The molecule has 2 aliphatic heterocycles. The molecule has 130 valence electrons. The van der Waals surface area contributed by atoms with E-state index in [-0.39, 0.29) is 52.1 Å². The summed E-state index contributed by atoms with van der Waals surface area (Å²) in [6.45, 7) is 0. The van der Waals surface area contributed by atoms with Gasteiger partial charge in [-0.2, -0.15) is 0 Å². The third kappa shape index (κ3) is 0.958. The van der Waals surface area contributed by atoms with Crippen molar-refractivity contribution in [2.45, 2.75) is 30.5 Å². The number of carbonyl (C=O) groups excluding carboxylic acids is 2. The number of ether oxygens (including phenoxy) is 1. The van der Waals surface area contributed by atoms with Crippen molar-refractivity contribution in [1.82, 2.24) is 0 Å². The first-order valence-electron chi connectivity index (χ1n) is 9.98. The molecule has 8 rings (SSSR count). The van der Waals surface area contributed by atoms with Crippen LogP contribution in [0.4, 0.5) is 5.69 Å². The molecular weight excluding hydrogens is 326 g/mol. The molecule has 0 radical (unpaired) electrons. The number of hydrogen-bond donors (Lipinski definition) is 0. The van der Waals surface area contributed by atoms with Gasteiger partial charge in [-0.15, -0.1) is 0 Å². The van der Waals surface area contributed by atoms with Crippen LogP contribution in [0.15, 0.2) is 42.5 Å². The molecule has 1 aromatic carbocycles. The highest BCUT2D eigenvalue weighted by Gasteiger charge is 3.01. The second-order valence-corrected chi connectivity index (χ2v) is 9.61. The van der Waals surface area contributed by atoms with Crippen LogP contribution in [-0.4, -0.2) is 23.0 Å². The zero-order valence-electron chi connectivity index (χ0n) is 14.3. The minimum Gasteiger partial charge on any atom is -0.361 e. The number of imide groups is 1. The number of epoxide rings is 1. The summed E-state index contributed by atoms with van der Waals surface area (Å²) in [6, 6.07) is 9.49. The van der Waals surface area contributed by atoms with Crippen LogP contribution < -0.4 is 4.90 Å². The monoisotopic (exact) mass is 345 g/mol. The van der Waals surface area contributed by atoms with E-state index in [2.05, 4.69) is 12.2 Å². The molecule has 1 aromatic rings. The van der Waals surface area contributed by atoms with Crippen LogP contribution in [0.5, 0.6) is 0 Å². The summed E-state index contributed by atoms with van der Waals surface area (Å²) in [7, 11) is 0. The Kier molecular flexibility index (Phi) is 1.76. The van der Waals surface area contributed by atoms with E-state index in [0.717, 1.165) is 5.69 Å². The van der Waals surface area contributed by atoms with Gasteiger partial charge >= 0.3 is 0 Å². The normalized spacial score (nSPS) is 54.8. The predicted molar refractivity (Wildman–Crippen MR) is 91.8 cm³/mol. The Hall–Kier alpha value is -1.94. The van der Waals surface area contributed by atoms with Crippen LogP contribution in [-0.2, 0) is 14.3 Å². The average Bonchev–Trinajstić information content (AvgIpc) is 3.37. The highest BCUT2D eigenvalue weighted by atomic mass is 16.6. The standard InChI is InChI=1S/C22H19NO3/c24-18-14-15(19(25)23(18)13-4-2-1-3-5-13)17-20(8-9-20)16(14)21-11-6-7-12(10-11)22(17,21)26-21/h1-7,11-12,14-17H,8-10H2/t11-,12-,14-,15+,16-,17-,21-,22+/m0/s1. The summed E-state index contributed by atoms with van der Waals surface area (Å²) >= 11 is 0. The minimum absolute atomic E-state index is 0.0372. The molecule has 2 saturated heterocycles. The summed E-state index contributed by atoms with van der Waals surface area (Å²) < 4.78 is 6.60. The lowest BCUT2D eigenvalue weighted by molar-refractivity contribution is -0.125. The highest BCUT2D eigenvalue weighted by Crippen LogP contribution is 2.93. The third-order valence-electron chi connectivity index (χ3n) is 9.21. The number of rotatable bonds is 1. The number of carbonyl (C=O) groups is 2. The summed E-state index contributed by atoms with van der Waals surface area (Å²) in [4.78, 5) is 28.5. The van der Waals surface area contributed by atoms with Crippen LogP contribution in [0.1, 0.15) is 19.3 Å². The van der Waals surface area contributed by atoms with Gasteiger partial charge in [0.15, 0.2) is 0 Å². The van der Waals surface area contributed by atoms with E-state index in [1.807, 2.05) is 30.3 Å². The van der Waals surface area contributed by atoms with Gasteiger partial charge in [0.25, 0.3) is 0 Å². The Morgan fingerprint density at radius 2 is 1.46 bits per heavy atom. The van der Waals surface area contributed by atoms with E-state index >= 15 is 0 Å². The molecular formula is C22H19NO3. The van der Waals surface area contributed by atoms with Crippen LogP contribution in [0.3, 0.4) is 0 Å². The summed E-state index contributed by atoms with van der Waals surface area (Å²) in [6.07, 6.45) is 8.24. The number of amides is 2. The number of fused-ring (bicyclic) bond motifs is 5. The van der Waals surface area contributed by atoms with Crippen molar-refractivity contribution in [3.63, 3.8) is 0 Å². The molecule has 6 fully saturated rings. The topological polar surface area (TPSA) is 49.9 Å².